The zero-order valence-electron chi connectivity index (χ0n) is 9.62. The van der Waals surface area contributed by atoms with E-state index >= 15 is 0 Å². The first-order valence-electron chi connectivity index (χ1n) is 5.79. The van der Waals surface area contributed by atoms with Gasteiger partial charge in [-0.25, -0.2) is 0 Å². The number of carbonyl (C=O) groups is 1. The van der Waals surface area contributed by atoms with Gasteiger partial charge in [-0.1, -0.05) is 13.8 Å². The lowest BCUT2D eigenvalue weighted by Gasteiger charge is -2.23. The summed E-state index contributed by atoms with van der Waals surface area (Å²) in [4.78, 5) is 11.8. The molecular formula is C11H22N2O2. The molecule has 3 N–H and O–H groups in total. The molecule has 0 aromatic carbocycles. The SMILES string of the molecule is CC(C)C(CCO)NC(=O)[C@H]1CCCN1. The third-order valence-electron chi connectivity index (χ3n) is 2.95. The van der Waals surface area contributed by atoms with E-state index in [1.165, 1.54) is 0 Å². The van der Waals surface area contributed by atoms with E-state index in [1.807, 2.05) is 0 Å². The van der Waals surface area contributed by atoms with Crippen molar-refractivity contribution in [2.24, 2.45) is 5.92 Å². The largest absolute Gasteiger partial charge is 0.396 e. The molecule has 0 bridgehead atoms. The van der Waals surface area contributed by atoms with E-state index in [1.54, 1.807) is 0 Å². The van der Waals surface area contributed by atoms with E-state index < -0.39 is 0 Å². The molecule has 1 fully saturated rings. The average Bonchev–Trinajstić information content (AvgIpc) is 2.69. The van der Waals surface area contributed by atoms with Gasteiger partial charge in [-0.05, 0) is 31.7 Å². The molecular weight excluding hydrogens is 192 g/mol. The lowest BCUT2D eigenvalue weighted by atomic mass is 10.0. The summed E-state index contributed by atoms with van der Waals surface area (Å²) in [6, 6.07) is 0.0647. The molecule has 2 atom stereocenters. The molecule has 1 saturated heterocycles. The van der Waals surface area contributed by atoms with E-state index in [-0.39, 0.29) is 24.6 Å². The number of aliphatic hydroxyl groups excluding tert-OH is 1. The second-order valence-electron chi connectivity index (χ2n) is 4.52. The van der Waals surface area contributed by atoms with Gasteiger partial charge in [-0.3, -0.25) is 4.79 Å². The van der Waals surface area contributed by atoms with Crippen molar-refractivity contribution in [1.29, 1.82) is 0 Å². The Morgan fingerprint density at radius 1 is 1.60 bits per heavy atom. The van der Waals surface area contributed by atoms with Crippen LogP contribution in [0.15, 0.2) is 0 Å². The summed E-state index contributed by atoms with van der Waals surface area (Å²) in [5, 5.41) is 15.1. The predicted molar refractivity (Wildman–Crippen MR) is 59.5 cm³/mol. The lowest BCUT2D eigenvalue weighted by Crippen LogP contribution is -2.47. The van der Waals surface area contributed by atoms with Crippen molar-refractivity contribution >= 4 is 5.91 Å². The van der Waals surface area contributed by atoms with Crippen LogP contribution in [0.3, 0.4) is 0 Å². The van der Waals surface area contributed by atoms with Crippen molar-refractivity contribution in [3.05, 3.63) is 0 Å². The van der Waals surface area contributed by atoms with Gasteiger partial charge in [-0.15, -0.1) is 0 Å². The fourth-order valence-electron chi connectivity index (χ4n) is 1.90. The standard InChI is InChI=1S/C11H22N2O2/c1-8(2)9(5-7-14)13-11(15)10-4-3-6-12-10/h8-10,12,14H,3-7H2,1-2H3,(H,13,15)/t9?,10-/m1/s1. The number of nitrogens with one attached hydrogen (secondary N) is 2. The minimum Gasteiger partial charge on any atom is -0.396 e. The Morgan fingerprint density at radius 2 is 2.33 bits per heavy atom. The third-order valence-corrected chi connectivity index (χ3v) is 2.95. The Kier molecular flexibility index (Phi) is 5.05. The summed E-state index contributed by atoms with van der Waals surface area (Å²) >= 11 is 0. The van der Waals surface area contributed by atoms with Crippen molar-refractivity contribution in [2.75, 3.05) is 13.2 Å². The van der Waals surface area contributed by atoms with Gasteiger partial charge >= 0.3 is 0 Å². The second kappa shape index (κ2) is 6.08. The molecule has 1 amide bonds. The Hall–Kier alpha value is -0.610. The molecule has 4 heteroatoms. The quantitative estimate of drug-likeness (QED) is 0.615. The van der Waals surface area contributed by atoms with Crippen LogP contribution in [0.4, 0.5) is 0 Å². The van der Waals surface area contributed by atoms with E-state index in [9.17, 15) is 4.79 Å². The molecule has 4 nitrogen and oxygen atoms in total. The fraction of sp³-hybridized carbons (Fsp3) is 0.909. The van der Waals surface area contributed by atoms with Gasteiger partial charge in [0.15, 0.2) is 0 Å². The number of aliphatic hydroxyl groups is 1. The summed E-state index contributed by atoms with van der Waals surface area (Å²) in [7, 11) is 0. The van der Waals surface area contributed by atoms with Gasteiger partial charge < -0.3 is 15.7 Å². The maximum Gasteiger partial charge on any atom is 0.237 e. The molecule has 15 heavy (non-hydrogen) atoms. The summed E-state index contributed by atoms with van der Waals surface area (Å²) in [6.07, 6.45) is 2.64. The normalized spacial score (nSPS) is 23.1. The number of carbonyl (C=O) groups excluding carboxylic acids is 1. The minimum absolute atomic E-state index is 0.0232. The first-order chi connectivity index (χ1) is 7.15. The van der Waals surface area contributed by atoms with Gasteiger partial charge in [0.05, 0.1) is 6.04 Å². The Labute approximate surface area is 91.4 Å². The second-order valence-corrected chi connectivity index (χ2v) is 4.52. The number of amides is 1. The Bertz CT molecular complexity index is 201. The molecule has 0 aromatic heterocycles. The van der Waals surface area contributed by atoms with Crippen LogP contribution < -0.4 is 10.6 Å². The van der Waals surface area contributed by atoms with Crippen molar-refractivity contribution in [3.8, 4) is 0 Å². The zero-order valence-corrected chi connectivity index (χ0v) is 9.62. The van der Waals surface area contributed by atoms with Crippen LogP contribution >= 0.6 is 0 Å². The lowest BCUT2D eigenvalue weighted by molar-refractivity contribution is -0.123. The highest BCUT2D eigenvalue weighted by Gasteiger charge is 2.24. The zero-order chi connectivity index (χ0) is 11.3. The van der Waals surface area contributed by atoms with E-state index in [2.05, 4.69) is 24.5 Å². The molecule has 0 spiro atoms. The van der Waals surface area contributed by atoms with Crippen LogP contribution in [-0.2, 0) is 4.79 Å². The Morgan fingerprint density at radius 3 is 2.80 bits per heavy atom. The van der Waals surface area contributed by atoms with Crippen LogP contribution in [-0.4, -0.2) is 36.2 Å². The first kappa shape index (κ1) is 12.5. The van der Waals surface area contributed by atoms with Crippen LogP contribution in [0.1, 0.15) is 33.1 Å². The topological polar surface area (TPSA) is 61.4 Å². The monoisotopic (exact) mass is 214 g/mol. The molecule has 0 radical (unpaired) electrons. The first-order valence-corrected chi connectivity index (χ1v) is 5.79. The molecule has 0 aliphatic carbocycles. The van der Waals surface area contributed by atoms with Crippen molar-refractivity contribution in [3.63, 3.8) is 0 Å². The molecule has 0 saturated carbocycles. The van der Waals surface area contributed by atoms with E-state index in [0.29, 0.717) is 12.3 Å². The molecule has 1 aliphatic rings. The van der Waals surface area contributed by atoms with Crippen LogP contribution in [0, 0.1) is 5.92 Å². The predicted octanol–water partition coefficient (Wildman–Crippen LogP) is 0.262. The summed E-state index contributed by atoms with van der Waals surface area (Å²) in [6.45, 7) is 5.18. The fourth-order valence-corrected chi connectivity index (χ4v) is 1.90. The van der Waals surface area contributed by atoms with Crippen LogP contribution in [0.25, 0.3) is 0 Å². The minimum atomic E-state index is -0.0232. The highest BCUT2D eigenvalue weighted by molar-refractivity contribution is 5.82. The van der Waals surface area contributed by atoms with Crippen LogP contribution in [0.5, 0.6) is 0 Å². The van der Waals surface area contributed by atoms with Crippen molar-refractivity contribution < 1.29 is 9.90 Å². The van der Waals surface area contributed by atoms with E-state index in [0.717, 1.165) is 19.4 Å². The van der Waals surface area contributed by atoms with Gasteiger partial charge in [0.1, 0.15) is 0 Å². The number of hydrogen-bond acceptors (Lipinski definition) is 3. The highest BCUT2D eigenvalue weighted by atomic mass is 16.3. The number of hydrogen-bond donors (Lipinski definition) is 3. The van der Waals surface area contributed by atoms with Gasteiger partial charge in [-0.2, -0.15) is 0 Å². The molecule has 0 aromatic rings. The smallest absolute Gasteiger partial charge is 0.237 e. The average molecular weight is 214 g/mol. The molecule has 1 aliphatic heterocycles. The maximum atomic E-state index is 11.8. The summed E-state index contributed by atoms with van der Waals surface area (Å²) in [5.74, 6) is 0.446. The van der Waals surface area contributed by atoms with Gasteiger partial charge in [0.2, 0.25) is 5.91 Å². The van der Waals surface area contributed by atoms with Gasteiger partial charge in [0, 0.05) is 12.6 Å². The molecule has 1 heterocycles. The maximum absolute atomic E-state index is 11.8. The van der Waals surface area contributed by atoms with Crippen LogP contribution in [0.2, 0.25) is 0 Å². The third kappa shape index (κ3) is 3.80. The van der Waals surface area contributed by atoms with Gasteiger partial charge in [0.25, 0.3) is 0 Å². The van der Waals surface area contributed by atoms with Crippen molar-refractivity contribution in [2.45, 2.75) is 45.2 Å². The molecule has 88 valence electrons. The van der Waals surface area contributed by atoms with E-state index in [4.69, 9.17) is 5.11 Å². The highest BCUT2D eigenvalue weighted by Crippen LogP contribution is 2.09. The summed E-state index contributed by atoms with van der Waals surface area (Å²) < 4.78 is 0. The van der Waals surface area contributed by atoms with Crippen molar-refractivity contribution in [1.82, 2.24) is 10.6 Å². The Balaban J connectivity index is 2.38. The molecule has 1 rings (SSSR count). The number of rotatable bonds is 5. The summed E-state index contributed by atoms with van der Waals surface area (Å²) in [5.41, 5.74) is 0. The molecule has 1 unspecified atom stereocenters.